The number of hydrogen-bond acceptors (Lipinski definition) is 6. The Balaban J connectivity index is 1.24. The number of halogens is 1. The lowest BCUT2D eigenvalue weighted by atomic mass is 9.78. The Morgan fingerprint density at radius 1 is 0.944 bits per heavy atom. The van der Waals surface area contributed by atoms with Crippen LogP contribution in [0.25, 0.3) is 10.8 Å². The van der Waals surface area contributed by atoms with Crippen molar-refractivity contribution in [2.24, 2.45) is 5.41 Å². The van der Waals surface area contributed by atoms with Crippen molar-refractivity contribution in [1.29, 1.82) is 0 Å². The molecule has 0 bridgehead atoms. The topological polar surface area (TPSA) is 94.0 Å². The van der Waals surface area contributed by atoms with Crippen molar-refractivity contribution in [1.82, 2.24) is 14.2 Å². The molecule has 2 aromatic carbocycles. The number of nitrogens with zero attached hydrogens (tertiary/aromatic N) is 4. The summed E-state index contributed by atoms with van der Waals surface area (Å²) in [6.07, 6.45) is 5.03. The van der Waals surface area contributed by atoms with E-state index < -0.39 is 10.0 Å². The fourth-order valence-corrected chi connectivity index (χ4v) is 6.73. The van der Waals surface area contributed by atoms with Crippen LogP contribution in [0.1, 0.15) is 12.8 Å². The molecular weight excluding hydrogens is 500 g/mol. The summed E-state index contributed by atoms with van der Waals surface area (Å²) in [7, 11) is -3.82. The third kappa shape index (κ3) is 4.93. The maximum atomic E-state index is 13.3. The molecule has 2 aliphatic heterocycles. The molecule has 3 aromatic rings. The second kappa shape index (κ2) is 9.97. The fourth-order valence-electron chi connectivity index (χ4n) is 5.13. The molecule has 0 unspecified atom stereocenters. The van der Waals surface area contributed by atoms with Gasteiger partial charge < -0.3 is 14.9 Å². The van der Waals surface area contributed by atoms with Gasteiger partial charge in [-0.05, 0) is 60.0 Å². The van der Waals surface area contributed by atoms with E-state index >= 15 is 0 Å². The number of hydrogen-bond donors (Lipinski definition) is 1. The highest BCUT2D eigenvalue weighted by Crippen LogP contribution is 2.35. The largest absolute Gasteiger partial charge is 0.396 e. The average Bonchev–Trinajstić information content (AvgIpc) is 2.90. The predicted octanol–water partition coefficient (Wildman–Crippen LogP) is 3.00. The molecule has 0 atom stereocenters. The minimum Gasteiger partial charge on any atom is -0.396 e. The first-order chi connectivity index (χ1) is 17.3. The van der Waals surface area contributed by atoms with Gasteiger partial charge in [-0.2, -0.15) is 4.31 Å². The number of piperidine rings is 1. The highest BCUT2D eigenvalue weighted by molar-refractivity contribution is 7.89. The molecule has 1 amide bonds. The van der Waals surface area contributed by atoms with Gasteiger partial charge in [-0.25, -0.2) is 8.42 Å². The summed E-state index contributed by atoms with van der Waals surface area (Å²) in [5, 5.41) is 12.5. The van der Waals surface area contributed by atoms with Crippen LogP contribution >= 0.6 is 11.6 Å². The van der Waals surface area contributed by atoms with Gasteiger partial charge in [0.1, 0.15) is 0 Å². The number of carbonyl (C=O) groups is 1. The van der Waals surface area contributed by atoms with Crippen LogP contribution in [0.3, 0.4) is 0 Å². The van der Waals surface area contributed by atoms with Crippen LogP contribution < -0.4 is 4.90 Å². The smallest absolute Gasteiger partial charge is 0.243 e. The zero-order valence-corrected chi connectivity index (χ0v) is 21.5. The van der Waals surface area contributed by atoms with Gasteiger partial charge >= 0.3 is 0 Å². The van der Waals surface area contributed by atoms with Crippen molar-refractivity contribution in [3.63, 3.8) is 0 Å². The van der Waals surface area contributed by atoms with Crippen LogP contribution in [0, 0.1) is 5.41 Å². The number of anilines is 1. The van der Waals surface area contributed by atoms with Gasteiger partial charge in [0.15, 0.2) is 0 Å². The normalized spacial score (nSPS) is 19.1. The Kier molecular flexibility index (Phi) is 6.91. The van der Waals surface area contributed by atoms with Crippen molar-refractivity contribution < 1.29 is 18.3 Å². The Labute approximate surface area is 216 Å². The Morgan fingerprint density at radius 2 is 1.64 bits per heavy atom. The zero-order valence-electron chi connectivity index (χ0n) is 19.9. The lowest BCUT2D eigenvalue weighted by molar-refractivity contribution is -0.136. The number of fused-ring (bicyclic) bond motifs is 1. The average molecular weight is 529 g/mol. The van der Waals surface area contributed by atoms with Crippen LogP contribution in [-0.2, 0) is 14.8 Å². The van der Waals surface area contributed by atoms with Gasteiger partial charge in [0.2, 0.25) is 15.9 Å². The Morgan fingerprint density at radius 3 is 2.33 bits per heavy atom. The quantitative estimate of drug-likeness (QED) is 0.528. The molecule has 0 radical (unpaired) electrons. The maximum absolute atomic E-state index is 13.3. The summed E-state index contributed by atoms with van der Waals surface area (Å²) < 4.78 is 27.9. The zero-order chi connectivity index (χ0) is 25.3. The predicted molar refractivity (Wildman–Crippen MR) is 139 cm³/mol. The number of aliphatic hydroxyl groups excluding tert-OH is 1. The van der Waals surface area contributed by atoms with E-state index in [-0.39, 0.29) is 35.9 Å². The minimum absolute atomic E-state index is 0.00984. The van der Waals surface area contributed by atoms with Gasteiger partial charge in [-0.15, -0.1) is 0 Å². The highest BCUT2D eigenvalue weighted by atomic mass is 35.5. The molecule has 2 aliphatic rings. The van der Waals surface area contributed by atoms with Gasteiger partial charge in [0.05, 0.1) is 18.0 Å². The van der Waals surface area contributed by atoms with Crippen LogP contribution in [0.15, 0.2) is 65.8 Å². The second-order valence-electron chi connectivity index (χ2n) is 9.66. The number of aromatic nitrogens is 1. The summed E-state index contributed by atoms with van der Waals surface area (Å²) in [6.45, 7) is 2.29. The van der Waals surface area contributed by atoms with Crippen LogP contribution in [0.2, 0.25) is 5.02 Å². The van der Waals surface area contributed by atoms with E-state index in [0.717, 1.165) is 42.4 Å². The molecule has 10 heteroatoms. The van der Waals surface area contributed by atoms with E-state index in [1.54, 1.807) is 53.7 Å². The van der Waals surface area contributed by atoms with Crippen LogP contribution in [0.5, 0.6) is 0 Å². The molecule has 190 valence electrons. The number of carbonyl (C=O) groups excluding carboxylic acids is 1. The molecule has 2 fully saturated rings. The maximum Gasteiger partial charge on any atom is 0.243 e. The monoisotopic (exact) mass is 528 g/mol. The van der Waals surface area contributed by atoms with E-state index in [1.165, 1.54) is 4.31 Å². The lowest BCUT2D eigenvalue weighted by Crippen LogP contribution is -2.56. The highest BCUT2D eigenvalue weighted by Gasteiger charge is 2.40. The van der Waals surface area contributed by atoms with Crippen molar-refractivity contribution in [3.05, 3.63) is 65.9 Å². The third-order valence-electron chi connectivity index (χ3n) is 7.41. The van der Waals surface area contributed by atoms with Gasteiger partial charge in [-0.3, -0.25) is 9.78 Å². The number of rotatable bonds is 6. The van der Waals surface area contributed by atoms with E-state index in [9.17, 15) is 18.3 Å². The number of piperazine rings is 1. The number of aliphatic hydroxyl groups is 1. The summed E-state index contributed by atoms with van der Waals surface area (Å²) in [6, 6.07) is 14.1. The molecule has 1 N–H and O–H groups in total. The van der Waals surface area contributed by atoms with Crippen molar-refractivity contribution in [3.8, 4) is 0 Å². The molecule has 3 heterocycles. The van der Waals surface area contributed by atoms with E-state index in [4.69, 9.17) is 11.6 Å². The Bertz CT molecular complexity index is 1360. The lowest BCUT2D eigenvalue weighted by Gasteiger charge is -2.45. The fraction of sp³-hybridized carbons (Fsp3) is 0.385. The molecule has 0 spiro atoms. The number of benzene rings is 2. The molecule has 0 saturated carbocycles. The SMILES string of the molecule is O=C1CN(S(=O)(=O)c2ccc3cc(Cl)ccc3c2)CCN1CC1(CO)CCN(c2ccncc2)CC1. The van der Waals surface area contributed by atoms with Crippen LogP contribution in [-0.4, -0.2) is 79.5 Å². The van der Waals surface area contributed by atoms with E-state index in [0.29, 0.717) is 18.1 Å². The number of sulfonamides is 1. The number of amides is 1. The van der Waals surface area contributed by atoms with E-state index in [2.05, 4.69) is 9.88 Å². The summed E-state index contributed by atoms with van der Waals surface area (Å²) >= 11 is 6.04. The van der Waals surface area contributed by atoms with Crippen molar-refractivity contribution in [2.75, 3.05) is 50.8 Å². The van der Waals surface area contributed by atoms with Gasteiger partial charge in [0, 0.05) is 61.2 Å². The van der Waals surface area contributed by atoms with Crippen molar-refractivity contribution in [2.45, 2.75) is 17.7 Å². The molecule has 1 aromatic heterocycles. The first-order valence-corrected chi connectivity index (χ1v) is 13.8. The molecule has 2 saturated heterocycles. The second-order valence-corrected chi connectivity index (χ2v) is 12.0. The minimum atomic E-state index is -3.82. The standard InChI is InChI=1S/C26H29ClN4O4S/c27-22-3-1-21-16-24(4-2-20(21)15-22)36(34,35)31-14-13-30(25(33)17-31)18-26(19-32)7-11-29(12-8-26)23-5-9-28-10-6-23/h1-6,9-10,15-16,32H,7-8,11-14,17-19H2. The molecule has 5 rings (SSSR count). The Hall–Kier alpha value is -2.72. The van der Waals surface area contributed by atoms with Crippen LogP contribution in [0.4, 0.5) is 5.69 Å². The molecule has 8 nitrogen and oxygen atoms in total. The first-order valence-electron chi connectivity index (χ1n) is 12.0. The summed E-state index contributed by atoms with van der Waals surface area (Å²) in [4.78, 5) is 21.3. The van der Waals surface area contributed by atoms with Gasteiger partial charge in [0.25, 0.3) is 0 Å². The van der Waals surface area contributed by atoms with E-state index in [1.807, 2.05) is 12.1 Å². The summed E-state index contributed by atoms with van der Waals surface area (Å²) in [5.41, 5.74) is 0.711. The molecule has 0 aliphatic carbocycles. The van der Waals surface area contributed by atoms with Gasteiger partial charge in [-0.1, -0.05) is 23.7 Å². The van der Waals surface area contributed by atoms with Crippen molar-refractivity contribution >= 4 is 44.0 Å². The molecular formula is C26H29ClN4O4S. The third-order valence-corrected chi connectivity index (χ3v) is 9.49. The first kappa shape index (κ1) is 25.0. The molecule has 36 heavy (non-hydrogen) atoms. The number of pyridine rings is 1. The summed E-state index contributed by atoms with van der Waals surface area (Å²) in [5.74, 6) is -0.234.